The van der Waals surface area contributed by atoms with Crippen LogP contribution in [0.1, 0.15) is 48.0 Å². The first kappa shape index (κ1) is 18.0. The van der Waals surface area contributed by atoms with Crippen molar-refractivity contribution >= 4 is 11.8 Å². The van der Waals surface area contributed by atoms with Gasteiger partial charge in [0.2, 0.25) is 5.91 Å². The summed E-state index contributed by atoms with van der Waals surface area (Å²) in [7, 11) is 0. The van der Waals surface area contributed by atoms with Gasteiger partial charge in [-0.15, -0.1) is 0 Å². The van der Waals surface area contributed by atoms with E-state index in [1.54, 1.807) is 29.2 Å². The second kappa shape index (κ2) is 6.97. The van der Waals surface area contributed by atoms with Crippen LogP contribution in [0, 0.1) is 23.2 Å². The predicted molar refractivity (Wildman–Crippen MR) is 98.7 cm³/mol. The first-order valence-corrected chi connectivity index (χ1v) is 9.81. The number of piperidine rings is 2. The number of carbonyl (C=O) groups excluding carboxylic acids is 2. The molecule has 1 N–H and O–H groups in total. The van der Waals surface area contributed by atoms with Crippen LogP contribution in [0.3, 0.4) is 0 Å². The van der Waals surface area contributed by atoms with Crippen molar-refractivity contribution in [2.45, 2.75) is 37.7 Å². The summed E-state index contributed by atoms with van der Waals surface area (Å²) in [6.07, 6.45) is 4.23. The molecular formula is C21H25N3O3. The van der Waals surface area contributed by atoms with Gasteiger partial charge in [0, 0.05) is 43.6 Å². The number of rotatable bonds is 2. The van der Waals surface area contributed by atoms with Crippen molar-refractivity contribution in [3.63, 3.8) is 0 Å². The smallest absolute Gasteiger partial charge is 0.253 e. The lowest BCUT2D eigenvalue weighted by molar-refractivity contribution is -0.151. The highest BCUT2D eigenvalue weighted by atomic mass is 16.3. The fraction of sp³-hybridized carbons (Fsp3) is 0.571. The second-order valence-electron chi connectivity index (χ2n) is 8.15. The molecule has 0 spiro atoms. The summed E-state index contributed by atoms with van der Waals surface area (Å²) in [5.41, 5.74) is 0.298. The molecule has 1 aromatic carbocycles. The Morgan fingerprint density at radius 2 is 1.70 bits per heavy atom. The van der Waals surface area contributed by atoms with E-state index in [0.29, 0.717) is 50.1 Å². The molecular weight excluding hydrogens is 342 g/mol. The first-order valence-electron chi connectivity index (χ1n) is 9.81. The number of carbonyl (C=O) groups is 2. The van der Waals surface area contributed by atoms with Crippen LogP contribution >= 0.6 is 0 Å². The molecule has 0 unspecified atom stereocenters. The number of aliphatic hydroxyl groups is 1. The highest BCUT2D eigenvalue weighted by Gasteiger charge is 2.47. The number of likely N-dealkylation sites (tertiary alicyclic amines) is 2. The first-order chi connectivity index (χ1) is 13.0. The third-order valence-corrected chi connectivity index (χ3v) is 6.58. The molecule has 1 saturated carbocycles. The molecule has 2 aliphatic heterocycles. The standard InChI is InChI=1S/C21H25N3O3/c22-12-15-4-6-17(7-5-15)20(26)24-11-9-21(27)8-10-23(13-18(21)14-24)19(25)16-2-1-3-16/h4-7,16,18,27H,1-3,8-11,13-14H2/t18-,21-/m0/s1. The Kier molecular flexibility index (Phi) is 4.65. The summed E-state index contributed by atoms with van der Waals surface area (Å²) in [5, 5.41) is 19.9. The maximum atomic E-state index is 12.8. The Labute approximate surface area is 159 Å². The normalized spacial score (nSPS) is 28.1. The number of amides is 2. The molecule has 0 aromatic heterocycles. The summed E-state index contributed by atoms with van der Waals surface area (Å²) in [4.78, 5) is 29.1. The van der Waals surface area contributed by atoms with Gasteiger partial charge in [0.25, 0.3) is 5.91 Å². The van der Waals surface area contributed by atoms with Gasteiger partial charge in [-0.25, -0.2) is 0 Å². The third-order valence-electron chi connectivity index (χ3n) is 6.58. The summed E-state index contributed by atoms with van der Waals surface area (Å²) >= 11 is 0. The second-order valence-corrected chi connectivity index (χ2v) is 8.15. The Morgan fingerprint density at radius 1 is 1.07 bits per heavy atom. The molecule has 27 heavy (non-hydrogen) atoms. The Balaban J connectivity index is 1.44. The molecule has 6 heteroatoms. The van der Waals surface area contributed by atoms with Crippen molar-refractivity contribution in [2.75, 3.05) is 26.2 Å². The Hall–Kier alpha value is -2.39. The van der Waals surface area contributed by atoms with Crippen molar-refractivity contribution < 1.29 is 14.7 Å². The van der Waals surface area contributed by atoms with Gasteiger partial charge >= 0.3 is 0 Å². The number of fused-ring (bicyclic) bond motifs is 1. The Bertz CT molecular complexity index is 781. The lowest BCUT2D eigenvalue weighted by atomic mass is 9.74. The highest BCUT2D eigenvalue weighted by molar-refractivity contribution is 5.94. The number of nitrogens with zero attached hydrogens (tertiary/aromatic N) is 3. The highest BCUT2D eigenvalue weighted by Crippen LogP contribution is 2.37. The summed E-state index contributed by atoms with van der Waals surface area (Å²) < 4.78 is 0. The minimum Gasteiger partial charge on any atom is -0.389 e. The van der Waals surface area contributed by atoms with E-state index in [4.69, 9.17) is 5.26 Å². The van der Waals surface area contributed by atoms with Crippen LogP contribution in [-0.4, -0.2) is 58.5 Å². The predicted octanol–water partition coefficient (Wildman–Crippen LogP) is 1.78. The van der Waals surface area contributed by atoms with Crippen LogP contribution in [0.25, 0.3) is 0 Å². The van der Waals surface area contributed by atoms with E-state index in [-0.39, 0.29) is 23.7 Å². The Morgan fingerprint density at radius 3 is 2.30 bits per heavy atom. The molecule has 2 heterocycles. The number of hydrogen-bond acceptors (Lipinski definition) is 4. The molecule has 6 nitrogen and oxygen atoms in total. The monoisotopic (exact) mass is 367 g/mol. The maximum Gasteiger partial charge on any atom is 0.253 e. The summed E-state index contributed by atoms with van der Waals surface area (Å²) in [6.45, 7) is 2.13. The zero-order valence-corrected chi connectivity index (χ0v) is 15.4. The molecule has 2 amide bonds. The van der Waals surface area contributed by atoms with E-state index in [2.05, 4.69) is 6.07 Å². The molecule has 4 rings (SSSR count). The topological polar surface area (TPSA) is 84.6 Å². The van der Waals surface area contributed by atoms with E-state index in [0.717, 1.165) is 19.3 Å². The molecule has 0 radical (unpaired) electrons. The molecule has 3 aliphatic rings. The van der Waals surface area contributed by atoms with Crippen LogP contribution in [0.5, 0.6) is 0 Å². The van der Waals surface area contributed by atoms with Crippen LogP contribution < -0.4 is 0 Å². The minimum absolute atomic E-state index is 0.0796. The maximum absolute atomic E-state index is 12.8. The van der Waals surface area contributed by atoms with E-state index >= 15 is 0 Å². The molecule has 1 aromatic rings. The van der Waals surface area contributed by atoms with Crippen LogP contribution in [-0.2, 0) is 4.79 Å². The van der Waals surface area contributed by atoms with Crippen LogP contribution in [0.4, 0.5) is 0 Å². The van der Waals surface area contributed by atoms with Gasteiger partial charge in [-0.3, -0.25) is 9.59 Å². The third kappa shape index (κ3) is 3.32. The van der Waals surface area contributed by atoms with E-state index in [1.807, 2.05) is 4.90 Å². The van der Waals surface area contributed by atoms with Crippen LogP contribution in [0.15, 0.2) is 24.3 Å². The van der Waals surface area contributed by atoms with E-state index in [9.17, 15) is 14.7 Å². The zero-order chi connectivity index (χ0) is 19.0. The minimum atomic E-state index is -0.780. The van der Waals surface area contributed by atoms with Gasteiger partial charge in [0.05, 0.1) is 17.2 Å². The molecule has 0 bridgehead atoms. The van der Waals surface area contributed by atoms with Gasteiger partial charge in [-0.05, 0) is 49.9 Å². The summed E-state index contributed by atoms with van der Waals surface area (Å²) in [5.74, 6) is 0.199. The van der Waals surface area contributed by atoms with Gasteiger partial charge in [0.1, 0.15) is 0 Å². The lowest BCUT2D eigenvalue weighted by Gasteiger charge is -2.50. The van der Waals surface area contributed by atoms with Crippen LogP contribution in [0.2, 0.25) is 0 Å². The lowest BCUT2D eigenvalue weighted by Crippen LogP contribution is -2.62. The molecule has 2 saturated heterocycles. The average molecular weight is 367 g/mol. The van der Waals surface area contributed by atoms with Gasteiger partial charge < -0.3 is 14.9 Å². The van der Waals surface area contributed by atoms with E-state index < -0.39 is 5.60 Å². The van der Waals surface area contributed by atoms with Crippen molar-refractivity contribution in [3.8, 4) is 6.07 Å². The average Bonchev–Trinajstić information content (AvgIpc) is 2.65. The SMILES string of the molecule is N#Cc1ccc(C(=O)N2CC[C@@]3(O)CCN(C(=O)C4CCC4)C[C@H]3C2)cc1. The molecule has 1 aliphatic carbocycles. The molecule has 142 valence electrons. The number of nitriles is 1. The van der Waals surface area contributed by atoms with E-state index in [1.165, 1.54) is 0 Å². The van der Waals surface area contributed by atoms with Crippen molar-refractivity contribution in [1.29, 1.82) is 5.26 Å². The quantitative estimate of drug-likeness (QED) is 0.864. The van der Waals surface area contributed by atoms with Gasteiger partial charge in [-0.2, -0.15) is 5.26 Å². The fourth-order valence-corrected chi connectivity index (χ4v) is 4.47. The van der Waals surface area contributed by atoms with Crippen molar-refractivity contribution in [3.05, 3.63) is 35.4 Å². The van der Waals surface area contributed by atoms with Crippen molar-refractivity contribution in [2.24, 2.45) is 11.8 Å². The van der Waals surface area contributed by atoms with Gasteiger partial charge in [-0.1, -0.05) is 6.42 Å². The number of benzene rings is 1. The zero-order valence-electron chi connectivity index (χ0n) is 15.4. The molecule has 2 atom stereocenters. The number of hydrogen-bond donors (Lipinski definition) is 1. The van der Waals surface area contributed by atoms with Gasteiger partial charge in [0.15, 0.2) is 0 Å². The fourth-order valence-electron chi connectivity index (χ4n) is 4.47. The molecule has 3 fully saturated rings. The largest absolute Gasteiger partial charge is 0.389 e. The summed E-state index contributed by atoms with van der Waals surface area (Å²) in [6, 6.07) is 8.70. The van der Waals surface area contributed by atoms with Crippen molar-refractivity contribution in [1.82, 2.24) is 9.80 Å².